The van der Waals surface area contributed by atoms with Gasteiger partial charge in [-0.2, -0.15) is 0 Å². The number of rotatable bonds is 4. The molecule has 0 saturated heterocycles. The predicted molar refractivity (Wildman–Crippen MR) is 67.4 cm³/mol. The Morgan fingerprint density at radius 2 is 1.89 bits per heavy atom. The van der Waals surface area contributed by atoms with E-state index in [1.54, 1.807) is 0 Å². The SMILES string of the molecule is NC(=O)c1cc(O)ccc1OCc1ccccc1. The van der Waals surface area contributed by atoms with E-state index in [9.17, 15) is 9.90 Å². The highest BCUT2D eigenvalue weighted by atomic mass is 16.5. The van der Waals surface area contributed by atoms with Crippen molar-refractivity contribution in [3.05, 3.63) is 59.7 Å². The van der Waals surface area contributed by atoms with Crippen molar-refractivity contribution in [2.75, 3.05) is 0 Å². The molecule has 0 radical (unpaired) electrons. The van der Waals surface area contributed by atoms with Crippen LogP contribution < -0.4 is 10.5 Å². The monoisotopic (exact) mass is 243 g/mol. The van der Waals surface area contributed by atoms with Crippen LogP contribution in [-0.2, 0) is 6.61 Å². The molecule has 3 N–H and O–H groups in total. The number of aromatic hydroxyl groups is 1. The van der Waals surface area contributed by atoms with Crippen LogP contribution in [0.4, 0.5) is 0 Å². The lowest BCUT2D eigenvalue weighted by atomic mass is 10.2. The molecule has 0 unspecified atom stereocenters. The Hall–Kier alpha value is -2.49. The predicted octanol–water partition coefficient (Wildman–Crippen LogP) is 2.07. The van der Waals surface area contributed by atoms with Gasteiger partial charge >= 0.3 is 0 Å². The van der Waals surface area contributed by atoms with Gasteiger partial charge in [-0.05, 0) is 23.8 Å². The van der Waals surface area contributed by atoms with Crippen molar-refractivity contribution in [2.45, 2.75) is 6.61 Å². The van der Waals surface area contributed by atoms with Gasteiger partial charge in [0.2, 0.25) is 0 Å². The van der Waals surface area contributed by atoms with E-state index < -0.39 is 5.91 Å². The molecule has 0 bridgehead atoms. The normalized spacial score (nSPS) is 10.0. The van der Waals surface area contributed by atoms with Gasteiger partial charge in [0, 0.05) is 0 Å². The third-order valence-corrected chi connectivity index (χ3v) is 2.47. The zero-order valence-corrected chi connectivity index (χ0v) is 9.67. The number of amides is 1. The molecule has 0 heterocycles. The first-order chi connectivity index (χ1) is 8.66. The second kappa shape index (κ2) is 5.23. The lowest BCUT2D eigenvalue weighted by molar-refractivity contribution is 0.0995. The van der Waals surface area contributed by atoms with Crippen LogP contribution in [0.5, 0.6) is 11.5 Å². The first-order valence-corrected chi connectivity index (χ1v) is 5.46. The molecule has 0 fully saturated rings. The number of benzene rings is 2. The van der Waals surface area contributed by atoms with Gasteiger partial charge in [-0.1, -0.05) is 30.3 Å². The molecule has 4 heteroatoms. The molecular weight excluding hydrogens is 230 g/mol. The number of phenols is 1. The van der Waals surface area contributed by atoms with Gasteiger partial charge in [-0.25, -0.2) is 0 Å². The quantitative estimate of drug-likeness (QED) is 0.863. The van der Waals surface area contributed by atoms with Crippen LogP contribution in [0.15, 0.2) is 48.5 Å². The molecule has 2 aromatic carbocycles. The number of carbonyl (C=O) groups excluding carboxylic acids is 1. The summed E-state index contributed by atoms with van der Waals surface area (Å²) in [5.74, 6) is -0.283. The number of nitrogens with two attached hydrogens (primary N) is 1. The maximum atomic E-state index is 11.2. The maximum Gasteiger partial charge on any atom is 0.252 e. The second-order valence-electron chi connectivity index (χ2n) is 3.82. The third-order valence-electron chi connectivity index (χ3n) is 2.47. The minimum atomic E-state index is -0.631. The largest absolute Gasteiger partial charge is 0.508 e. The van der Waals surface area contributed by atoms with E-state index in [0.29, 0.717) is 12.4 Å². The molecule has 0 aliphatic carbocycles. The lowest BCUT2D eigenvalue weighted by Gasteiger charge is -2.09. The van der Waals surface area contributed by atoms with E-state index in [-0.39, 0.29) is 11.3 Å². The van der Waals surface area contributed by atoms with E-state index in [4.69, 9.17) is 10.5 Å². The van der Waals surface area contributed by atoms with Crippen LogP contribution in [-0.4, -0.2) is 11.0 Å². The van der Waals surface area contributed by atoms with Crippen LogP contribution in [0.3, 0.4) is 0 Å². The van der Waals surface area contributed by atoms with Gasteiger partial charge in [-0.3, -0.25) is 4.79 Å². The zero-order chi connectivity index (χ0) is 13.0. The summed E-state index contributed by atoms with van der Waals surface area (Å²) in [7, 11) is 0. The van der Waals surface area contributed by atoms with Gasteiger partial charge < -0.3 is 15.6 Å². The van der Waals surface area contributed by atoms with Crippen molar-refractivity contribution in [2.24, 2.45) is 5.73 Å². The fourth-order valence-electron chi connectivity index (χ4n) is 1.57. The van der Waals surface area contributed by atoms with Gasteiger partial charge in [-0.15, -0.1) is 0 Å². The molecule has 0 aromatic heterocycles. The van der Waals surface area contributed by atoms with Crippen molar-refractivity contribution >= 4 is 5.91 Å². The molecule has 92 valence electrons. The Kier molecular flexibility index (Phi) is 3.48. The Bertz CT molecular complexity index is 552. The minimum Gasteiger partial charge on any atom is -0.508 e. The molecule has 2 rings (SSSR count). The molecule has 2 aromatic rings. The summed E-state index contributed by atoms with van der Waals surface area (Å²) < 4.78 is 5.53. The number of phenolic OH excluding ortho intramolecular Hbond substituents is 1. The highest BCUT2D eigenvalue weighted by molar-refractivity contribution is 5.96. The van der Waals surface area contributed by atoms with Crippen molar-refractivity contribution in [1.29, 1.82) is 0 Å². The maximum absolute atomic E-state index is 11.2. The van der Waals surface area contributed by atoms with Crippen LogP contribution in [0.2, 0.25) is 0 Å². The van der Waals surface area contributed by atoms with Crippen molar-refractivity contribution < 1.29 is 14.6 Å². The topological polar surface area (TPSA) is 72.6 Å². The van der Waals surface area contributed by atoms with Crippen molar-refractivity contribution in [3.8, 4) is 11.5 Å². The summed E-state index contributed by atoms with van der Waals surface area (Å²) in [4.78, 5) is 11.2. The van der Waals surface area contributed by atoms with E-state index in [1.807, 2.05) is 30.3 Å². The second-order valence-corrected chi connectivity index (χ2v) is 3.82. The molecule has 4 nitrogen and oxygen atoms in total. The fourth-order valence-corrected chi connectivity index (χ4v) is 1.57. The van der Waals surface area contributed by atoms with Crippen LogP contribution >= 0.6 is 0 Å². The third kappa shape index (κ3) is 2.79. The average molecular weight is 243 g/mol. The van der Waals surface area contributed by atoms with Gasteiger partial charge in [0.1, 0.15) is 18.1 Å². The summed E-state index contributed by atoms with van der Waals surface area (Å²) in [5, 5.41) is 9.31. The van der Waals surface area contributed by atoms with E-state index in [2.05, 4.69) is 0 Å². The molecule has 0 aliphatic rings. The zero-order valence-electron chi connectivity index (χ0n) is 9.67. The summed E-state index contributed by atoms with van der Waals surface area (Å²) in [5.41, 5.74) is 6.38. The van der Waals surface area contributed by atoms with E-state index >= 15 is 0 Å². The summed E-state index contributed by atoms with van der Waals surface area (Å²) in [6.45, 7) is 0.339. The fraction of sp³-hybridized carbons (Fsp3) is 0.0714. The van der Waals surface area contributed by atoms with Gasteiger partial charge in [0.15, 0.2) is 0 Å². The lowest BCUT2D eigenvalue weighted by Crippen LogP contribution is -2.13. The Morgan fingerprint density at radius 1 is 1.17 bits per heavy atom. The number of primary amides is 1. The van der Waals surface area contributed by atoms with E-state index in [0.717, 1.165) is 5.56 Å². The molecular formula is C14H13NO3. The Morgan fingerprint density at radius 3 is 2.56 bits per heavy atom. The Balaban J connectivity index is 2.17. The standard InChI is InChI=1S/C14H13NO3/c15-14(17)12-8-11(16)6-7-13(12)18-9-10-4-2-1-3-5-10/h1-8,16H,9H2,(H2,15,17). The summed E-state index contributed by atoms with van der Waals surface area (Å²) >= 11 is 0. The molecule has 0 spiro atoms. The highest BCUT2D eigenvalue weighted by Gasteiger charge is 2.10. The first kappa shape index (κ1) is 12.0. The van der Waals surface area contributed by atoms with Crippen LogP contribution in [0.1, 0.15) is 15.9 Å². The summed E-state index contributed by atoms with van der Waals surface area (Å²) in [6, 6.07) is 13.8. The van der Waals surface area contributed by atoms with Gasteiger partial charge in [0.25, 0.3) is 5.91 Å². The smallest absolute Gasteiger partial charge is 0.252 e. The van der Waals surface area contributed by atoms with E-state index in [1.165, 1.54) is 18.2 Å². The van der Waals surface area contributed by atoms with Crippen molar-refractivity contribution in [1.82, 2.24) is 0 Å². The molecule has 1 amide bonds. The molecule has 0 atom stereocenters. The van der Waals surface area contributed by atoms with Crippen LogP contribution in [0, 0.1) is 0 Å². The number of carbonyl (C=O) groups is 1. The van der Waals surface area contributed by atoms with Gasteiger partial charge in [0.05, 0.1) is 5.56 Å². The molecule has 0 aliphatic heterocycles. The number of hydrogen-bond acceptors (Lipinski definition) is 3. The Labute approximate surface area is 105 Å². The number of ether oxygens (including phenoxy) is 1. The summed E-state index contributed by atoms with van der Waals surface area (Å²) in [6.07, 6.45) is 0. The highest BCUT2D eigenvalue weighted by Crippen LogP contribution is 2.23. The number of hydrogen-bond donors (Lipinski definition) is 2. The first-order valence-electron chi connectivity index (χ1n) is 5.46. The molecule has 0 saturated carbocycles. The molecule has 18 heavy (non-hydrogen) atoms. The average Bonchev–Trinajstić information content (AvgIpc) is 2.38. The van der Waals surface area contributed by atoms with Crippen LogP contribution in [0.25, 0.3) is 0 Å². The van der Waals surface area contributed by atoms with Crippen molar-refractivity contribution in [3.63, 3.8) is 0 Å². The minimum absolute atomic E-state index is 0.0177.